The zero-order valence-corrected chi connectivity index (χ0v) is 20.3. The van der Waals surface area contributed by atoms with Gasteiger partial charge in [-0.05, 0) is 19.4 Å². The standard InChI is InChI=1S/C22H27N6O6P/c1-11-17(32-3)19(13-7-5-4-6-8-13)35(31,27-11)34-12(2)18-15(29)16(30)22(33-18)28-10-26-14-20(23)24-9-25-21(14)28/h4-10,12,15-19,22,29-30H,1-3H3,(H2,23,24,25). The minimum absolute atomic E-state index is 0.183. The Labute approximate surface area is 201 Å². The first kappa shape index (κ1) is 24.0. The number of fused-ring (bicyclic) bond motifs is 1. The van der Waals surface area contributed by atoms with Gasteiger partial charge in [0.25, 0.3) is 0 Å². The molecule has 0 spiro atoms. The Balaban J connectivity index is 1.41. The number of hydrogen-bond acceptors (Lipinski definition) is 10. The Morgan fingerprint density at radius 1 is 1.17 bits per heavy atom. The van der Waals surface area contributed by atoms with E-state index in [0.29, 0.717) is 16.9 Å². The number of nitrogen functional groups attached to an aromatic ring is 1. The van der Waals surface area contributed by atoms with Crippen LogP contribution in [0.15, 0.2) is 47.7 Å². The van der Waals surface area contributed by atoms with Gasteiger partial charge in [-0.25, -0.2) is 19.7 Å². The lowest BCUT2D eigenvalue weighted by Crippen LogP contribution is -2.38. The van der Waals surface area contributed by atoms with E-state index in [-0.39, 0.29) is 5.82 Å². The average molecular weight is 502 g/mol. The predicted octanol–water partition coefficient (Wildman–Crippen LogP) is 1.86. The van der Waals surface area contributed by atoms with Crippen molar-refractivity contribution in [3.63, 3.8) is 0 Å². The van der Waals surface area contributed by atoms with Crippen molar-refractivity contribution in [3.05, 3.63) is 48.5 Å². The lowest BCUT2D eigenvalue weighted by molar-refractivity contribution is -0.0706. The number of nitrogens with zero attached hydrogens (tertiary/aromatic N) is 5. The van der Waals surface area contributed by atoms with Gasteiger partial charge in [0, 0.05) is 12.8 Å². The molecule has 5 rings (SSSR count). The fourth-order valence-corrected chi connectivity index (χ4v) is 7.48. The number of imidazole rings is 1. The minimum Gasteiger partial charge on any atom is -0.387 e. The van der Waals surface area contributed by atoms with Crippen LogP contribution >= 0.6 is 7.52 Å². The number of nitrogens with two attached hydrogens (primary N) is 1. The highest BCUT2D eigenvalue weighted by Crippen LogP contribution is 2.68. The first-order chi connectivity index (χ1) is 16.7. The molecular formula is C22H27N6O6P. The van der Waals surface area contributed by atoms with Crippen LogP contribution in [0.3, 0.4) is 0 Å². The second-order valence-corrected chi connectivity index (χ2v) is 10.8. The SMILES string of the molecule is COC1C(C)=NP(=O)(OC(C)C2OC(n3cnc4c(N)ncnc43)C(O)C2O)C1c1ccccc1. The summed E-state index contributed by atoms with van der Waals surface area (Å²) >= 11 is 0. The molecule has 13 heteroatoms. The number of aromatic nitrogens is 4. The molecule has 3 aromatic rings. The van der Waals surface area contributed by atoms with Gasteiger partial charge in [-0.2, -0.15) is 0 Å². The van der Waals surface area contributed by atoms with Crippen LogP contribution in [0.5, 0.6) is 0 Å². The molecule has 35 heavy (non-hydrogen) atoms. The van der Waals surface area contributed by atoms with Crippen molar-refractivity contribution < 1.29 is 28.8 Å². The van der Waals surface area contributed by atoms with Crippen molar-refractivity contribution in [1.29, 1.82) is 0 Å². The molecule has 2 aliphatic rings. The van der Waals surface area contributed by atoms with E-state index in [4.69, 9.17) is 19.7 Å². The fraction of sp³-hybridized carbons (Fsp3) is 0.455. The summed E-state index contributed by atoms with van der Waals surface area (Å²) < 4.78 is 37.6. The average Bonchev–Trinajstić information content (AvgIpc) is 3.47. The van der Waals surface area contributed by atoms with E-state index in [0.717, 1.165) is 5.56 Å². The highest BCUT2D eigenvalue weighted by molar-refractivity contribution is 7.58. The Hall–Kier alpha value is -2.73. The molecule has 2 aliphatic heterocycles. The molecule has 1 aromatic carbocycles. The third-order valence-corrected chi connectivity index (χ3v) is 8.96. The molecule has 186 valence electrons. The second kappa shape index (κ2) is 9.05. The molecule has 8 unspecified atom stereocenters. The van der Waals surface area contributed by atoms with Gasteiger partial charge >= 0.3 is 7.52 Å². The van der Waals surface area contributed by atoms with Crippen LogP contribution < -0.4 is 5.73 Å². The Morgan fingerprint density at radius 3 is 2.63 bits per heavy atom. The molecular weight excluding hydrogens is 475 g/mol. The largest absolute Gasteiger partial charge is 0.387 e. The van der Waals surface area contributed by atoms with E-state index in [1.54, 1.807) is 13.8 Å². The third-order valence-electron chi connectivity index (χ3n) is 6.46. The zero-order chi connectivity index (χ0) is 24.9. The molecule has 0 radical (unpaired) electrons. The first-order valence-electron chi connectivity index (χ1n) is 11.1. The van der Waals surface area contributed by atoms with Crippen molar-refractivity contribution in [2.75, 3.05) is 12.8 Å². The van der Waals surface area contributed by atoms with E-state index >= 15 is 0 Å². The summed E-state index contributed by atoms with van der Waals surface area (Å²) in [5, 5.41) is 21.6. The number of aliphatic hydroxyl groups is 2. The molecule has 0 amide bonds. The summed E-state index contributed by atoms with van der Waals surface area (Å²) in [6.07, 6.45) is -3.42. The van der Waals surface area contributed by atoms with E-state index in [2.05, 4.69) is 19.7 Å². The molecule has 4 heterocycles. The first-order valence-corrected chi connectivity index (χ1v) is 12.8. The molecule has 1 fully saturated rings. The summed E-state index contributed by atoms with van der Waals surface area (Å²) in [5.41, 5.74) is 7.23. The van der Waals surface area contributed by atoms with Crippen LogP contribution in [-0.2, 0) is 18.6 Å². The number of rotatable bonds is 6. The Bertz CT molecular complexity index is 1300. The van der Waals surface area contributed by atoms with Crippen molar-refractivity contribution in [3.8, 4) is 0 Å². The number of hydrogen-bond donors (Lipinski definition) is 3. The lowest BCUT2D eigenvalue weighted by Gasteiger charge is -2.28. The molecule has 1 saturated heterocycles. The van der Waals surface area contributed by atoms with Crippen LogP contribution in [0.4, 0.5) is 5.82 Å². The maximum absolute atomic E-state index is 14.1. The van der Waals surface area contributed by atoms with Gasteiger partial charge in [0.15, 0.2) is 17.7 Å². The van der Waals surface area contributed by atoms with Crippen molar-refractivity contribution in [1.82, 2.24) is 19.5 Å². The van der Waals surface area contributed by atoms with E-state index in [1.807, 2.05) is 30.3 Å². The Kier molecular flexibility index (Phi) is 6.20. The summed E-state index contributed by atoms with van der Waals surface area (Å²) in [4.78, 5) is 12.3. The van der Waals surface area contributed by atoms with E-state index in [9.17, 15) is 14.8 Å². The lowest BCUT2D eigenvalue weighted by atomic mass is 10.0. The van der Waals surface area contributed by atoms with Crippen LogP contribution in [0, 0.1) is 0 Å². The van der Waals surface area contributed by atoms with Crippen molar-refractivity contribution in [2.24, 2.45) is 4.76 Å². The maximum atomic E-state index is 14.1. The number of aliphatic hydroxyl groups excluding tert-OH is 2. The van der Waals surface area contributed by atoms with Crippen LogP contribution in [0.1, 0.15) is 31.3 Å². The van der Waals surface area contributed by atoms with Crippen LogP contribution in [-0.4, -0.2) is 73.1 Å². The maximum Gasteiger partial charge on any atom is 0.325 e. The van der Waals surface area contributed by atoms with Crippen molar-refractivity contribution in [2.45, 2.75) is 56.3 Å². The molecule has 4 N–H and O–H groups in total. The molecule has 0 saturated carbocycles. The predicted molar refractivity (Wildman–Crippen MR) is 127 cm³/mol. The fourth-order valence-electron chi connectivity index (χ4n) is 4.80. The molecule has 8 atom stereocenters. The molecule has 0 bridgehead atoms. The van der Waals surface area contributed by atoms with Crippen molar-refractivity contribution >= 4 is 30.2 Å². The monoisotopic (exact) mass is 502 g/mol. The van der Waals surface area contributed by atoms with Gasteiger partial charge in [-0.3, -0.25) is 9.13 Å². The highest BCUT2D eigenvalue weighted by atomic mass is 31.2. The molecule has 12 nitrogen and oxygen atoms in total. The van der Waals surface area contributed by atoms with Crippen LogP contribution in [0.25, 0.3) is 11.2 Å². The van der Waals surface area contributed by atoms with Gasteiger partial charge in [-0.15, -0.1) is 0 Å². The van der Waals surface area contributed by atoms with Gasteiger partial charge in [0.2, 0.25) is 0 Å². The number of ether oxygens (including phenoxy) is 2. The van der Waals surface area contributed by atoms with Crippen LogP contribution in [0.2, 0.25) is 0 Å². The second-order valence-electron chi connectivity index (χ2n) is 8.68. The van der Waals surface area contributed by atoms with Gasteiger partial charge in [0.05, 0.1) is 12.4 Å². The number of benzene rings is 1. The summed E-state index contributed by atoms with van der Waals surface area (Å²) in [7, 11) is -2.14. The highest BCUT2D eigenvalue weighted by Gasteiger charge is 2.53. The van der Waals surface area contributed by atoms with Gasteiger partial charge in [-0.1, -0.05) is 30.3 Å². The molecule has 0 aliphatic carbocycles. The zero-order valence-electron chi connectivity index (χ0n) is 19.4. The summed E-state index contributed by atoms with van der Waals surface area (Å²) in [6, 6.07) is 9.26. The van der Waals surface area contributed by atoms with E-state index < -0.39 is 49.9 Å². The summed E-state index contributed by atoms with van der Waals surface area (Å²) in [6.45, 7) is 3.37. The third kappa shape index (κ3) is 3.96. The smallest absolute Gasteiger partial charge is 0.325 e. The Morgan fingerprint density at radius 2 is 1.91 bits per heavy atom. The summed E-state index contributed by atoms with van der Waals surface area (Å²) in [5.74, 6) is 0.183. The normalized spacial score (nSPS) is 33.8. The quantitative estimate of drug-likeness (QED) is 0.423. The molecule has 2 aromatic heterocycles. The van der Waals surface area contributed by atoms with E-state index in [1.165, 1.54) is 24.3 Å². The number of anilines is 1. The van der Waals surface area contributed by atoms with Gasteiger partial charge < -0.3 is 29.9 Å². The minimum atomic E-state index is -3.68. The topological polar surface area (TPSA) is 167 Å². The van der Waals surface area contributed by atoms with Gasteiger partial charge in [0.1, 0.15) is 41.9 Å². The number of methoxy groups -OCH3 is 1.